The average molecular weight is 344 g/mol. The Labute approximate surface area is 132 Å². The summed E-state index contributed by atoms with van der Waals surface area (Å²) in [5.74, 6) is 0.361. The van der Waals surface area contributed by atoms with Crippen LogP contribution in [0.3, 0.4) is 0 Å². The van der Waals surface area contributed by atoms with Crippen molar-refractivity contribution in [3.8, 4) is 0 Å². The molecule has 3 heterocycles. The first-order valence-electron chi connectivity index (χ1n) is 6.58. The lowest BCUT2D eigenvalue weighted by Gasteiger charge is -2.30. The number of nitrogens with zero attached hydrogens (tertiary/aromatic N) is 3. The monoisotopic (exact) mass is 343 g/mol. The molecule has 0 N–H and O–H groups in total. The Morgan fingerprint density at radius 3 is 2.57 bits per heavy atom. The van der Waals surface area contributed by atoms with Gasteiger partial charge >= 0.3 is 0 Å². The number of pyridine rings is 1. The second kappa shape index (κ2) is 6.00. The normalized spacial score (nSPS) is 18.0. The minimum absolute atomic E-state index is 0.194. The van der Waals surface area contributed by atoms with Crippen molar-refractivity contribution >= 4 is 33.0 Å². The number of halogens is 1. The highest BCUT2D eigenvalue weighted by molar-refractivity contribution is 7.89. The zero-order valence-corrected chi connectivity index (χ0v) is 13.5. The van der Waals surface area contributed by atoms with Crippen LogP contribution in [0.2, 0.25) is 5.15 Å². The maximum absolute atomic E-state index is 12.5. The lowest BCUT2D eigenvalue weighted by molar-refractivity contribution is 0.319. The zero-order valence-electron chi connectivity index (χ0n) is 11.1. The zero-order chi connectivity index (χ0) is 14.9. The molecule has 3 rings (SSSR count). The van der Waals surface area contributed by atoms with E-state index < -0.39 is 10.0 Å². The molecule has 2 aromatic heterocycles. The molecular weight excluding hydrogens is 330 g/mol. The van der Waals surface area contributed by atoms with Gasteiger partial charge in [0, 0.05) is 36.8 Å². The molecule has 0 unspecified atom stereocenters. The summed E-state index contributed by atoms with van der Waals surface area (Å²) in [6.07, 6.45) is 4.70. The fourth-order valence-corrected chi connectivity index (χ4v) is 4.78. The van der Waals surface area contributed by atoms with Crippen LogP contribution in [0.25, 0.3) is 0 Å². The fourth-order valence-electron chi connectivity index (χ4n) is 2.44. The van der Waals surface area contributed by atoms with Crippen LogP contribution < -0.4 is 0 Å². The van der Waals surface area contributed by atoms with Crippen molar-refractivity contribution in [2.75, 3.05) is 13.1 Å². The van der Waals surface area contributed by atoms with E-state index in [9.17, 15) is 8.42 Å². The topological polar surface area (TPSA) is 63.2 Å². The van der Waals surface area contributed by atoms with Crippen LogP contribution in [0.15, 0.2) is 34.8 Å². The van der Waals surface area contributed by atoms with Gasteiger partial charge in [-0.2, -0.15) is 4.31 Å². The predicted octanol–water partition coefficient (Wildman–Crippen LogP) is 2.76. The molecule has 1 aliphatic heterocycles. The smallest absolute Gasteiger partial charge is 0.244 e. The molecule has 2 aromatic rings. The summed E-state index contributed by atoms with van der Waals surface area (Å²) < 4.78 is 26.6. The van der Waals surface area contributed by atoms with E-state index in [2.05, 4.69) is 9.97 Å². The summed E-state index contributed by atoms with van der Waals surface area (Å²) in [5, 5.41) is 3.34. The number of aromatic nitrogens is 2. The number of rotatable bonds is 3. The SMILES string of the molecule is O=S(=O)(c1ccc(Cl)nc1)N1CCC(c2nccs2)CC1. The lowest BCUT2D eigenvalue weighted by Crippen LogP contribution is -2.37. The third kappa shape index (κ3) is 3.11. The Hall–Kier alpha value is -1.02. The highest BCUT2D eigenvalue weighted by Gasteiger charge is 2.30. The van der Waals surface area contributed by atoms with E-state index in [0.29, 0.717) is 19.0 Å². The van der Waals surface area contributed by atoms with Gasteiger partial charge in [0.05, 0.1) is 5.01 Å². The van der Waals surface area contributed by atoms with Crippen LogP contribution >= 0.6 is 22.9 Å². The van der Waals surface area contributed by atoms with E-state index in [1.54, 1.807) is 17.5 Å². The first-order chi connectivity index (χ1) is 10.1. The van der Waals surface area contributed by atoms with Crippen LogP contribution in [0.4, 0.5) is 0 Å². The Bertz CT molecular complexity index is 694. The molecule has 1 aliphatic rings. The molecule has 1 fully saturated rings. The van der Waals surface area contributed by atoms with Crippen molar-refractivity contribution in [1.82, 2.24) is 14.3 Å². The lowest BCUT2D eigenvalue weighted by atomic mass is 9.99. The fraction of sp³-hybridized carbons (Fsp3) is 0.385. The Morgan fingerprint density at radius 2 is 2.00 bits per heavy atom. The third-order valence-corrected chi connectivity index (χ3v) is 6.64. The van der Waals surface area contributed by atoms with Gasteiger partial charge in [0.1, 0.15) is 10.0 Å². The molecule has 5 nitrogen and oxygen atoms in total. The number of sulfonamides is 1. The predicted molar refractivity (Wildman–Crippen MR) is 82.1 cm³/mol. The summed E-state index contributed by atoms with van der Waals surface area (Å²) in [6.45, 7) is 1.02. The quantitative estimate of drug-likeness (QED) is 0.804. The standard InChI is InChI=1S/C13H14ClN3O2S2/c14-12-2-1-11(9-16-12)21(18,19)17-6-3-10(4-7-17)13-15-5-8-20-13/h1-2,5,8-10H,3-4,6-7H2. The van der Waals surface area contributed by atoms with Gasteiger partial charge in [-0.1, -0.05) is 11.6 Å². The summed E-state index contributed by atoms with van der Waals surface area (Å²) in [4.78, 5) is 8.36. The second-order valence-corrected chi connectivity index (χ2v) is 8.12. The van der Waals surface area contributed by atoms with Gasteiger partial charge in [-0.15, -0.1) is 11.3 Å². The maximum Gasteiger partial charge on any atom is 0.244 e. The molecule has 0 radical (unpaired) electrons. The highest BCUT2D eigenvalue weighted by Crippen LogP contribution is 2.31. The maximum atomic E-state index is 12.5. The molecule has 112 valence electrons. The summed E-state index contributed by atoms with van der Waals surface area (Å²) in [7, 11) is -3.48. The minimum atomic E-state index is -3.48. The van der Waals surface area contributed by atoms with Gasteiger partial charge in [0.25, 0.3) is 0 Å². The van der Waals surface area contributed by atoms with E-state index in [1.165, 1.54) is 22.6 Å². The number of hydrogen-bond acceptors (Lipinski definition) is 5. The Kier molecular flexibility index (Phi) is 4.26. The summed E-state index contributed by atoms with van der Waals surface area (Å²) >= 11 is 7.33. The van der Waals surface area contributed by atoms with E-state index in [1.807, 2.05) is 5.38 Å². The molecule has 0 aliphatic carbocycles. The molecule has 21 heavy (non-hydrogen) atoms. The van der Waals surface area contributed by atoms with Gasteiger partial charge in [0.2, 0.25) is 10.0 Å². The second-order valence-electron chi connectivity index (χ2n) is 4.87. The summed E-state index contributed by atoms with van der Waals surface area (Å²) in [5.41, 5.74) is 0. The average Bonchev–Trinajstić information content (AvgIpc) is 3.02. The van der Waals surface area contributed by atoms with Crippen LogP contribution in [0.5, 0.6) is 0 Å². The van der Waals surface area contributed by atoms with E-state index in [4.69, 9.17) is 11.6 Å². The number of hydrogen-bond donors (Lipinski definition) is 0. The molecule has 0 bridgehead atoms. The molecular formula is C13H14ClN3O2S2. The number of piperidine rings is 1. The molecule has 0 saturated carbocycles. The Morgan fingerprint density at radius 1 is 1.24 bits per heavy atom. The van der Waals surface area contributed by atoms with Crippen molar-refractivity contribution in [3.05, 3.63) is 40.1 Å². The van der Waals surface area contributed by atoms with Crippen molar-refractivity contribution in [3.63, 3.8) is 0 Å². The van der Waals surface area contributed by atoms with Gasteiger partial charge < -0.3 is 0 Å². The van der Waals surface area contributed by atoms with Gasteiger partial charge in [-0.25, -0.2) is 18.4 Å². The number of thiazole rings is 1. The molecule has 1 saturated heterocycles. The first-order valence-corrected chi connectivity index (χ1v) is 9.28. The van der Waals surface area contributed by atoms with Crippen LogP contribution in [-0.4, -0.2) is 35.8 Å². The van der Waals surface area contributed by atoms with Gasteiger partial charge in [-0.3, -0.25) is 0 Å². The molecule has 0 atom stereocenters. The molecule has 0 spiro atoms. The van der Waals surface area contributed by atoms with Crippen molar-refractivity contribution in [1.29, 1.82) is 0 Å². The first kappa shape index (κ1) is 14.9. The van der Waals surface area contributed by atoms with Crippen LogP contribution in [-0.2, 0) is 10.0 Å². The van der Waals surface area contributed by atoms with Crippen LogP contribution in [0, 0.1) is 0 Å². The molecule has 8 heteroatoms. The minimum Gasteiger partial charge on any atom is -0.249 e. The molecule has 0 amide bonds. The van der Waals surface area contributed by atoms with E-state index in [-0.39, 0.29) is 10.0 Å². The van der Waals surface area contributed by atoms with Crippen molar-refractivity contribution in [2.24, 2.45) is 0 Å². The van der Waals surface area contributed by atoms with Gasteiger partial charge in [-0.05, 0) is 25.0 Å². The van der Waals surface area contributed by atoms with Crippen molar-refractivity contribution < 1.29 is 8.42 Å². The molecule has 0 aromatic carbocycles. The third-order valence-electron chi connectivity index (χ3n) is 3.59. The largest absolute Gasteiger partial charge is 0.249 e. The highest BCUT2D eigenvalue weighted by atomic mass is 35.5. The Balaban J connectivity index is 1.72. The van der Waals surface area contributed by atoms with E-state index in [0.717, 1.165) is 17.8 Å². The van der Waals surface area contributed by atoms with Crippen molar-refractivity contribution in [2.45, 2.75) is 23.7 Å². The van der Waals surface area contributed by atoms with Crippen LogP contribution in [0.1, 0.15) is 23.8 Å². The van der Waals surface area contributed by atoms with Gasteiger partial charge in [0.15, 0.2) is 0 Å². The summed E-state index contributed by atoms with van der Waals surface area (Å²) in [6, 6.07) is 2.99. The van der Waals surface area contributed by atoms with E-state index >= 15 is 0 Å².